The van der Waals surface area contributed by atoms with E-state index in [2.05, 4.69) is 47.8 Å². The summed E-state index contributed by atoms with van der Waals surface area (Å²) >= 11 is 10.1. The van der Waals surface area contributed by atoms with Crippen LogP contribution in [0, 0.1) is 0 Å². The highest BCUT2D eigenvalue weighted by molar-refractivity contribution is 9.13. The fourth-order valence-corrected chi connectivity index (χ4v) is 2.30. The molecule has 0 heterocycles. The topological polar surface area (TPSA) is 26.3 Å². The summed E-state index contributed by atoms with van der Waals surface area (Å²) in [7, 11) is 0. The molecule has 0 amide bonds. The van der Waals surface area contributed by atoms with E-state index in [1.165, 1.54) is 0 Å². The Bertz CT molecular complexity index is 377. The van der Waals surface area contributed by atoms with Crippen molar-refractivity contribution in [2.45, 2.75) is 12.3 Å². The molecule has 1 aromatic rings. The lowest BCUT2D eigenvalue weighted by Gasteiger charge is -2.07. The SMILES string of the molecule is CCOC(=O)c1cc(CBr)cc(Br)c1Br. The van der Waals surface area contributed by atoms with Gasteiger partial charge in [0.15, 0.2) is 0 Å². The Kier molecular flexibility index (Phi) is 5.29. The summed E-state index contributed by atoms with van der Waals surface area (Å²) in [6, 6.07) is 3.75. The second-order valence-electron chi connectivity index (χ2n) is 2.79. The van der Waals surface area contributed by atoms with Crippen molar-refractivity contribution in [1.82, 2.24) is 0 Å². The molecule has 0 aliphatic rings. The lowest BCUT2D eigenvalue weighted by molar-refractivity contribution is 0.0525. The highest BCUT2D eigenvalue weighted by Gasteiger charge is 2.14. The quantitative estimate of drug-likeness (QED) is 0.559. The Labute approximate surface area is 114 Å². The van der Waals surface area contributed by atoms with Crippen molar-refractivity contribution < 1.29 is 9.53 Å². The average molecular weight is 401 g/mol. The van der Waals surface area contributed by atoms with Crippen molar-refractivity contribution in [3.8, 4) is 0 Å². The Morgan fingerprint density at radius 2 is 2.07 bits per heavy atom. The first-order chi connectivity index (χ1) is 7.10. The highest BCUT2D eigenvalue weighted by Crippen LogP contribution is 2.29. The van der Waals surface area contributed by atoms with E-state index in [1.54, 1.807) is 6.92 Å². The van der Waals surface area contributed by atoms with Crippen LogP contribution in [0.5, 0.6) is 0 Å². The van der Waals surface area contributed by atoms with Gasteiger partial charge >= 0.3 is 5.97 Å². The van der Waals surface area contributed by atoms with Crippen LogP contribution in [0.2, 0.25) is 0 Å². The summed E-state index contributed by atoms with van der Waals surface area (Å²) in [5, 5.41) is 0.700. The first kappa shape index (κ1) is 13.2. The Morgan fingerprint density at radius 1 is 1.40 bits per heavy atom. The number of benzene rings is 1. The number of esters is 1. The lowest BCUT2D eigenvalue weighted by Crippen LogP contribution is -2.06. The summed E-state index contributed by atoms with van der Waals surface area (Å²) in [6.45, 7) is 2.16. The van der Waals surface area contributed by atoms with E-state index in [9.17, 15) is 4.79 Å². The van der Waals surface area contributed by atoms with Crippen LogP contribution in [0.4, 0.5) is 0 Å². The lowest BCUT2D eigenvalue weighted by atomic mass is 10.1. The standard InChI is InChI=1S/C10H9Br3O2/c1-2-15-10(14)7-3-6(5-11)4-8(12)9(7)13/h3-4H,2,5H2,1H3. The molecule has 0 N–H and O–H groups in total. The van der Waals surface area contributed by atoms with Crippen molar-refractivity contribution in [2.75, 3.05) is 6.61 Å². The molecule has 0 spiro atoms. The third-order valence-corrected chi connectivity index (χ3v) is 4.40. The van der Waals surface area contributed by atoms with E-state index in [4.69, 9.17) is 4.74 Å². The predicted octanol–water partition coefficient (Wildman–Crippen LogP) is 4.28. The molecule has 0 saturated heterocycles. The van der Waals surface area contributed by atoms with Gasteiger partial charge in [0.2, 0.25) is 0 Å². The summed E-state index contributed by atoms with van der Waals surface area (Å²) in [5.41, 5.74) is 1.56. The largest absolute Gasteiger partial charge is 0.462 e. The van der Waals surface area contributed by atoms with Crippen molar-refractivity contribution >= 4 is 53.8 Å². The monoisotopic (exact) mass is 398 g/mol. The molecule has 0 bridgehead atoms. The number of alkyl halides is 1. The van der Waals surface area contributed by atoms with Crippen molar-refractivity contribution in [1.29, 1.82) is 0 Å². The summed E-state index contributed by atoms with van der Waals surface area (Å²) in [5.74, 6) is -0.312. The van der Waals surface area contributed by atoms with Crippen LogP contribution >= 0.6 is 47.8 Å². The van der Waals surface area contributed by atoms with Gasteiger partial charge in [0.25, 0.3) is 0 Å². The van der Waals surface area contributed by atoms with Gasteiger partial charge in [-0.1, -0.05) is 15.9 Å². The van der Waals surface area contributed by atoms with Crippen LogP contribution < -0.4 is 0 Å². The molecule has 82 valence electrons. The van der Waals surface area contributed by atoms with Gasteiger partial charge in [0.1, 0.15) is 0 Å². The molecule has 0 saturated carbocycles. The molecule has 0 unspecified atom stereocenters. The minimum Gasteiger partial charge on any atom is -0.462 e. The smallest absolute Gasteiger partial charge is 0.339 e. The van der Waals surface area contributed by atoms with Gasteiger partial charge in [-0.15, -0.1) is 0 Å². The maximum absolute atomic E-state index is 11.6. The van der Waals surface area contributed by atoms with Crippen LogP contribution in [-0.4, -0.2) is 12.6 Å². The average Bonchev–Trinajstić information content (AvgIpc) is 2.22. The summed E-state index contributed by atoms with van der Waals surface area (Å²) < 4.78 is 6.54. The Balaban J connectivity index is 3.15. The number of halogens is 3. The normalized spacial score (nSPS) is 10.1. The van der Waals surface area contributed by atoms with Gasteiger partial charge in [-0.3, -0.25) is 0 Å². The van der Waals surface area contributed by atoms with Crippen molar-refractivity contribution in [3.05, 3.63) is 32.2 Å². The summed E-state index contributed by atoms with van der Waals surface area (Å²) in [4.78, 5) is 11.6. The van der Waals surface area contributed by atoms with Gasteiger partial charge in [0, 0.05) is 14.3 Å². The van der Waals surface area contributed by atoms with E-state index in [0.29, 0.717) is 17.5 Å². The van der Waals surface area contributed by atoms with E-state index >= 15 is 0 Å². The molecule has 2 nitrogen and oxygen atoms in total. The second-order valence-corrected chi connectivity index (χ2v) is 5.00. The maximum atomic E-state index is 11.6. The van der Waals surface area contributed by atoms with Gasteiger partial charge < -0.3 is 4.74 Å². The van der Waals surface area contributed by atoms with Gasteiger partial charge in [-0.25, -0.2) is 4.79 Å². The Morgan fingerprint density at radius 3 is 2.60 bits per heavy atom. The van der Waals surface area contributed by atoms with Gasteiger partial charge in [-0.2, -0.15) is 0 Å². The fourth-order valence-electron chi connectivity index (χ4n) is 1.08. The van der Waals surface area contributed by atoms with E-state index < -0.39 is 0 Å². The molecule has 0 aliphatic heterocycles. The minimum atomic E-state index is -0.312. The first-order valence-corrected chi connectivity index (χ1v) is 7.01. The third-order valence-electron chi connectivity index (χ3n) is 1.74. The number of hydrogen-bond acceptors (Lipinski definition) is 2. The van der Waals surface area contributed by atoms with Crippen LogP contribution in [0.1, 0.15) is 22.8 Å². The number of rotatable bonds is 3. The van der Waals surface area contributed by atoms with E-state index in [1.807, 2.05) is 12.1 Å². The molecule has 0 aromatic heterocycles. The molecule has 5 heteroatoms. The number of carbonyl (C=O) groups is 1. The molecule has 0 aliphatic carbocycles. The molecule has 0 atom stereocenters. The van der Waals surface area contributed by atoms with Crippen molar-refractivity contribution in [2.24, 2.45) is 0 Å². The second kappa shape index (κ2) is 6.01. The van der Waals surface area contributed by atoms with Crippen LogP contribution in [-0.2, 0) is 10.1 Å². The molecule has 1 aromatic carbocycles. The zero-order valence-electron chi connectivity index (χ0n) is 8.02. The number of carbonyl (C=O) groups excluding carboxylic acids is 1. The molecular weight excluding hydrogens is 392 g/mol. The van der Waals surface area contributed by atoms with E-state index in [0.717, 1.165) is 14.5 Å². The third kappa shape index (κ3) is 3.29. The van der Waals surface area contributed by atoms with Gasteiger partial charge in [0.05, 0.1) is 12.2 Å². The zero-order chi connectivity index (χ0) is 11.4. The minimum absolute atomic E-state index is 0.312. The summed E-state index contributed by atoms with van der Waals surface area (Å²) in [6.07, 6.45) is 0. The van der Waals surface area contributed by atoms with Crippen LogP contribution in [0.3, 0.4) is 0 Å². The predicted molar refractivity (Wildman–Crippen MR) is 70.4 cm³/mol. The highest BCUT2D eigenvalue weighted by atomic mass is 79.9. The number of ether oxygens (including phenoxy) is 1. The molecule has 15 heavy (non-hydrogen) atoms. The Hall–Kier alpha value is 0.130. The van der Waals surface area contributed by atoms with Gasteiger partial charge in [-0.05, 0) is 56.5 Å². The van der Waals surface area contributed by atoms with Crippen LogP contribution in [0.15, 0.2) is 21.1 Å². The maximum Gasteiger partial charge on any atom is 0.339 e. The molecule has 0 radical (unpaired) electrons. The zero-order valence-corrected chi connectivity index (χ0v) is 12.8. The fraction of sp³-hybridized carbons (Fsp3) is 0.300. The van der Waals surface area contributed by atoms with Crippen molar-refractivity contribution in [3.63, 3.8) is 0 Å². The van der Waals surface area contributed by atoms with Crippen LogP contribution in [0.25, 0.3) is 0 Å². The molecule has 1 rings (SSSR count). The molecule has 0 fully saturated rings. The number of hydrogen-bond donors (Lipinski definition) is 0. The molecular formula is C10H9Br3O2. The van der Waals surface area contributed by atoms with E-state index in [-0.39, 0.29) is 5.97 Å². The first-order valence-electron chi connectivity index (χ1n) is 4.31.